The van der Waals surface area contributed by atoms with E-state index in [0.29, 0.717) is 0 Å². The van der Waals surface area contributed by atoms with Gasteiger partial charge in [0.05, 0.1) is 11.4 Å². The first kappa shape index (κ1) is 22.7. The Kier molecular flexibility index (Phi) is 23.7. The van der Waals surface area contributed by atoms with Crippen molar-refractivity contribution in [2.24, 2.45) is 7.05 Å². The van der Waals surface area contributed by atoms with E-state index in [-0.39, 0.29) is 0 Å². The lowest BCUT2D eigenvalue weighted by Crippen LogP contribution is -2.00. The second-order valence-corrected chi connectivity index (χ2v) is 3.11. The Bertz CT molecular complexity index is 247. The minimum atomic E-state index is 1.06. The molecule has 0 N–H and O–H groups in total. The second-order valence-electron chi connectivity index (χ2n) is 3.11. The largest absolute Gasteiger partial charge is 0.252 e. The van der Waals surface area contributed by atoms with E-state index in [4.69, 9.17) is 0 Å². The molecule has 1 aromatic rings. The first-order valence-corrected chi connectivity index (χ1v) is 8.01. The molecule has 1 aromatic heterocycles. The van der Waals surface area contributed by atoms with Crippen molar-refractivity contribution in [2.75, 3.05) is 6.26 Å². The molecule has 4 heteroatoms. The van der Waals surface area contributed by atoms with E-state index in [9.17, 15) is 0 Å². The van der Waals surface area contributed by atoms with Gasteiger partial charge in [0.2, 0.25) is 0 Å². The molecule has 0 fully saturated rings. The van der Waals surface area contributed by atoms with Gasteiger partial charge in [0.1, 0.15) is 0 Å². The molecule has 0 amide bonds. The van der Waals surface area contributed by atoms with Crippen LogP contribution in [0.5, 0.6) is 0 Å². The van der Waals surface area contributed by atoms with Crippen LogP contribution in [-0.4, -0.2) is 21.2 Å². The molecule has 0 aliphatic heterocycles. The van der Waals surface area contributed by atoms with E-state index < -0.39 is 0 Å². The summed E-state index contributed by atoms with van der Waals surface area (Å²) >= 11 is 3.53. The highest BCUT2D eigenvalue weighted by molar-refractivity contribution is 7.79. The Morgan fingerprint density at radius 2 is 1.39 bits per heavy atom. The van der Waals surface area contributed by atoms with E-state index in [1.165, 1.54) is 11.4 Å². The zero-order chi connectivity index (χ0) is 15.0. The predicted molar refractivity (Wildman–Crippen MR) is 86.6 cm³/mol. The van der Waals surface area contributed by atoms with Crippen LogP contribution in [0.3, 0.4) is 0 Å². The van der Waals surface area contributed by atoms with Gasteiger partial charge in [0, 0.05) is 7.05 Å². The number of hydrogen-bond donors (Lipinski definition) is 1. The number of aromatic nitrogens is 3. The third-order valence-electron chi connectivity index (χ3n) is 2.00. The summed E-state index contributed by atoms with van der Waals surface area (Å²) in [4.78, 5) is 0. The monoisotopic (exact) mass is 275 g/mol. The quantitative estimate of drug-likeness (QED) is 0.830. The predicted octanol–water partition coefficient (Wildman–Crippen LogP) is 4.32. The van der Waals surface area contributed by atoms with Gasteiger partial charge in [0.15, 0.2) is 0 Å². The van der Waals surface area contributed by atoms with Crippen molar-refractivity contribution >= 4 is 12.6 Å². The summed E-state index contributed by atoms with van der Waals surface area (Å²) in [6.45, 7) is 12.4. The minimum Gasteiger partial charge on any atom is -0.252 e. The summed E-state index contributed by atoms with van der Waals surface area (Å²) < 4.78 is 1.90. The fourth-order valence-corrected chi connectivity index (χ4v) is 1.39. The van der Waals surface area contributed by atoms with E-state index >= 15 is 0 Å². The third-order valence-corrected chi connectivity index (χ3v) is 2.00. The average molecular weight is 276 g/mol. The summed E-state index contributed by atoms with van der Waals surface area (Å²) in [5.74, 6) is 0. The van der Waals surface area contributed by atoms with Gasteiger partial charge < -0.3 is 0 Å². The van der Waals surface area contributed by atoms with Crippen molar-refractivity contribution in [2.45, 2.75) is 67.2 Å². The lowest BCUT2D eigenvalue weighted by Gasteiger charge is -2.00. The fraction of sp³-hybridized carbons (Fsp3) is 0.857. The average Bonchev–Trinajstić information content (AvgIpc) is 2.79. The molecule has 0 atom stereocenters. The van der Waals surface area contributed by atoms with Crippen LogP contribution >= 0.6 is 12.6 Å². The standard InChI is InChI=1S/C9H17N3.2C2H6.CH4S/c1-4-6-8-9(7-5-2)12(3)11-10-8;3*1-2/h4-7H2,1-3H3;2*1-2H3;2H,1H3. The Morgan fingerprint density at radius 3 is 1.78 bits per heavy atom. The van der Waals surface area contributed by atoms with Crippen LogP contribution in [0, 0.1) is 0 Å². The first-order valence-electron chi connectivity index (χ1n) is 7.11. The Balaban J connectivity index is -0.000000328. The van der Waals surface area contributed by atoms with Crippen molar-refractivity contribution in [3.63, 3.8) is 0 Å². The summed E-state index contributed by atoms with van der Waals surface area (Å²) in [6, 6.07) is 0. The minimum absolute atomic E-state index is 1.06. The lowest BCUT2D eigenvalue weighted by atomic mass is 10.1. The maximum atomic E-state index is 4.14. The Labute approximate surface area is 120 Å². The van der Waals surface area contributed by atoms with Crippen LogP contribution in [0.25, 0.3) is 0 Å². The maximum absolute atomic E-state index is 4.14. The van der Waals surface area contributed by atoms with Gasteiger partial charge in [-0.2, -0.15) is 12.6 Å². The van der Waals surface area contributed by atoms with Crippen LogP contribution in [0.15, 0.2) is 0 Å². The van der Waals surface area contributed by atoms with Gasteiger partial charge in [-0.3, -0.25) is 4.68 Å². The van der Waals surface area contributed by atoms with Gasteiger partial charge in [-0.25, -0.2) is 0 Å². The summed E-state index contributed by atoms with van der Waals surface area (Å²) in [7, 11) is 1.97. The smallest absolute Gasteiger partial charge is 0.0858 e. The van der Waals surface area contributed by atoms with Crippen molar-refractivity contribution in [3.8, 4) is 0 Å². The second kappa shape index (κ2) is 18.8. The maximum Gasteiger partial charge on any atom is 0.0858 e. The Hall–Kier alpha value is -0.510. The lowest BCUT2D eigenvalue weighted by molar-refractivity contribution is 0.669. The number of rotatable bonds is 4. The molecular weight excluding hydrogens is 242 g/mol. The number of nitrogens with zero attached hydrogens (tertiary/aromatic N) is 3. The van der Waals surface area contributed by atoms with Gasteiger partial charge >= 0.3 is 0 Å². The molecule has 0 radical (unpaired) electrons. The van der Waals surface area contributed by atoms with Gasteiger partial charge in [-0.05, 0) is 19.1 Å². The number of thiol groups is 1. The molecule has 0 spiro atoms. The van der Waals surface area contributed by atoms with Crippen LogP contribution in [-0.2, 0) is 19.9 Å². The third kappa shape index (κ3) is 9.51. The zero-order valence-electron chi connectivity index (χ0n) is 13.6. The summed E-state index contributed by atoms with van der Waals surface area (Å²) in [5, 5.41) is 8.16. The van der Waals surface area contributed by atoms with E-state index in [1.54, 1.807) is 6.26 Å². The molecule has 0 aromatic carbocycles. The highest BCUT2D eigenvalue weighted by atomic mass is 32.1. The van der Waals surface area contributed by atoms with Crippen LogP contribution in [0.2, 0.25) is 0 Å². The molecule has 110 valence electrons. The van der Waals surface area contributed by atoms with Crippen LogP contribution in [0.1, 0.15) is 65.8 Å². The molecule has 1 rings (SSSR count). The molecule has 0 aliphatic rings. The summed E-state index contributed by atoms with van der Waals surface area (Å²) in [6.07, 6.45) is 6.16. The zero-order valence-corrected chi connectivity index (χ0v) is 14.5. The molecule has 0 aliphatic carbocycles. The van der Waals surface area contributed by atoms with Gasteiger partial charge in [-0.1, -0.05) is 59.6 Å². The van der Waals surface area contributed by atoms with Crippen molar-refractivity contribution in [1.29, 1.82) is 0 Å². The van der Waals surface area contributed by atoms with Gasteiger partial charge in [-0.15, -0.1) is 5.10 Å². The highest BCUT2D eigenvalue weighted by Gasteiger charge is 2.07. The molecule has 18 heavy (non-hydrogen) atoms. The number of hydrogen-bond acceptors (Lipinski definition) is 3. The topological polar surface area (TPSA) is 30.7 Å². The molecule has 3 nitrogen and oxygen atoms in total. The van der Waals surface area contributed by atoms with Crippen molar-refractivity contribution < 1.29 is 0 Å². The van der Waals surface area contributed by atoms with Crippen LogP contribution < -0.4 is 0 Å². The normalized spacial score (nSPS) is 8.06. The first-order chi connectivity index (χ1) is 8.79. The van der Waals surface area contributed by atoms with E-state index in [2.05, 4.69) is 36.8 Å². The molecular formula is C14H33N3S. The number of aryl methyl sites for hydroxylation is 2. The van der Waals surface area contributed by atoms with Crippen molar-refractivity contribution in [1.82, 2.24) is 15.0 Å². The van der Waals surface area contributed by atoms with Crippen molar-refractivity contribution in [3.05, 3.63) is 11.4 Å². The highest BCUT2D eigenvalue weighted by Crippen LogP contribution is 2.08. The molecule has 1 heterocycles. The molecule has 0 saturated heterocycles. The van der Waals surface area contributed by atoms with E-state index in [1.807, 2.05) is 39.4 Å². The molecule has 0 bridgehead atoms. The van der Waals surface area contributed by atoms with E-state index in [0.717, 1.165) is 25.7 Å². The van der Waals surface area contributed by atoms with Gasteiger partial charge in [0.25, 0.3) is 0 Å². The summed E-state index contributed by atoms with van der Waals surface area (Å²) in [5.41, 5.74) is 2.49. The molecule has 0 unspecified atom stereocenters. The SMILES string of the molecule is CC.CC.CCCc1nnn(C)c1CCC.CS. The van der Waals surface area contributed by atoms with Crippen LogP contribution in [0.4, 0.5) is 0 Å². The Morgan fingerprint density at radius 1 is 0.944 bits per heavy atom. The molecule has 0 saturated carbocycles. The fourth-order valence-electron chi connectivity index (χ4n) is 1.39.